The molecule has 3 aromatic rings. The number of anilines is 1. The van der Waals surface area contributed by atoms with E-state index in [0.29, 0.717) is 81.7 Å². The second-order valence-corrected chi connectivity index (χ2v) is 12.4. The number of ether oxygens (including phenoxy) is 3. The van der Waals surface area contributed by atoms with Gasteiger partial charge in [0, 0.05) is 44.7 Å². The van der Waals surface area contributed by atoms with Crippen LogP contribution in [0.3, 0.4) is 0 Å². The quantitative estimate of drug-likeness (QED) is 0.370. The minimum atomic E-state index is -2.79. The highest BCUT2D eigenvalue weighted by Crippen LogP contribution is 2.32. The Labute approximate surface area is 261 Å². The molecule has 45 heavy (non-hydrogen) atoms. The van der Waals surface area contributed by atoms with Gasteiger partial charge in [0.1, 0.15) is 11.9 Å². The van der Waals surface area contributed by atoms with E-state index in [-0.39, 0.29) is 35.7 Å². The third-order valence-electron chi connectivity index (χ3n) is 9.40. The van der Waals surface area contributed by atoms with Crippen molar-refractivity contribution >= 4 is 22.9 Å². The number of likely N-dealkylation sites (tertiary alicyclic amines) is 1. The molecule has 1 saturated carbocycles. The summed E-state index contributed by atoms with van der Waals surface area (Å²) in [6.45, 7) is 7.24. The number of rotatable bonds is 8. The fourth-order valence-electron chi connectivity index (χ4n) is 7.05. The Kier molecular flexibility index (Phi) is 9.08. The van der Waals surface area contributed by atoms with E-state index in [4.69, 9.17) is 24.2 Å². The number of nitrogens with zero attached hydrogens (tertiary/aromatic N) is 7. The van der Waals surface area contributed by atoms with Crippen molar-refractivity contribution in [2.24, 2.45) is 5.92 Å². The Morgan fingerprint density at radius 1 is 0.956 bits per heavy atom. The first-order chi connectivity index (χ1) is 22.0. The summed E-state index contributed by atoms with van der Waals surface area (Å²) >= 11 is 0. The maximum Gasteiger partial charge on any atom is 0.296 e. The molecule has 1 aromatic carbocycles. The van der Waals surface area contributed by atoms with Gasteiger partial charge in [-0.25, -0.2) is 13.8 Å². The first-order valence-corrected chi connectivity index (χ1v) is 16.3. The monoisotopic (exact) mass is 625 g/mol. The Balaban J connectivity index is 1.05. The molecule has 1 atom stereocenters. The van der Waals surface area contributed by atoms with Gasteiger partial charge in [-0.3, -0.25) is 9.36 Å². The average molecular weight is 626 g/mol. The van der Waals surface area contributed by atoms with E-state index in [2.05, 4.69) is 9.88 Å². The number of morpholine rings is 2. The molecule has 3 saturated heterocycles. The minimum absolute atomic E-state index is 0.0360. The van der Waals surface area contributed by atoms with Gasteiger partial charge in [-0.1, -0.05) is 12.1 Å². The van der Waals surface area contributed by atoms with Crippen LogP contribution in [0.2, 0.25) is 0 Å². The second kappa shape index (κ2) is 13.5. The lowest BCUT2D eigenvalue weighted by Crippen LogP contribution is -2.51. The molecule has 0 radical (unpaired) electrons. The van der Waals surface area contributed by atoms with Gasteiger partial charge in [-0.15, -0.1) is 0 Å². The summed E-state index contributed by atoms with van der Waals surface area (Å²) in [6, 6.07) is 8.66. The number of imidazole rings is 1. The molecule has 0 bridgehead atoms. The van der Waals surface area contributed by atoms with Crippen molar-refractivity contribution in [1.82, 2.24) is 29.3 Å². The number of aromatic nitrogens is 4. The van der Waals surface area contributed by atoms with E-state index < -0.39 is 6.43 Å². The summed E-state index contributed by atoms with van der Waals surface area (Å²) in [4.78, 5) is 33.6. The van der Waals surface area contributed by atoms with Gasteiger partial charge >= 0.3 is 0 Å². The predicted molar refractivity (Wildman–Crippen MR) is 163 cm³/mol. The van der Waals surface area contributed by atoms with E-state index in [1.165, 1.54) is 17.4 Å². The number of para-hydroxylation sites is 2. The number of carbonyl (C=O) groups is 1. The van der Waals surface area contributed by atoms with Crippen molar-refractivity contribution in [2.45, 2.75) is 57.2 Å². The third kappa shape index (κ3) is 6.75. The van der Waals surface area contributed by atoms with Crippen molar-refractivity contribution in [1.29, 1.82) is 0 Å². The van der Waals surface area contributed by atoms with Gasteiger partial charge in [0.15, 0.2) is 5.82 Å². The smallest absolute Gasteiger partial charge is 0.296 e. The fourth-order valence-corrected chi connectivity index (χ4v) is 7.05. The van der Waals surface area contributed by atoms with Gasteiger partial charge in [0.25, 0.3) is 6.43 Å². The molecule has 242 valence electrons. The highest BCUT2D eigenvalue weighted by atomic mass is 19.3. The van der Waals surface area contributed by atoms with Crippen molar-refractivity contribution in [3.63, 3.8) is 0 Å². The minimum Gasteiger partial charge on any atom is -0.474 e. The second-order valence-electron chi connectivity index (χ2n) is 12.4. The predicted octanol–water partition coefficient (Wildman–Crippen LogP) is 3.85. The zero-order valence-electron chi connectivity index (χ0n) is 25.5. The van der Waals surface area contributed by atoms with Crippen LogP contribution in [0.1, 0.15) is 50.8 Å². The number of hydrogen-bond donors (Lipinski definition) is 0. The summed E-state index contributed by atoms with van der Waals surface area (Å²) in [5.41, 5.74) is 1.00. The van der Waals surface area contributed by atoms with Gasteiger partial charge < -0.3 is 28.9 Å². The number of halogens is 2. The Morgan fingerprint density at radius 2 is 1.73 bits per heavy atom. The van der Waals surface area contributed by atoms with Crippen LogP contribution in [-0.4, -0.2) is 113 Å². The van der Waals surface area contributed by atoms with Gasteiger partial charge in [-0.2, -0.15) is 9.97 Å². The normalized spacial score (nSPS) is 24.9. The number of amides is 1. The van der Waals surface area contributed by atoms with Crippen LogP contribution >= 0.6 is 0 Å². The summed E-state index contributed by atoms with van der Waals surface area (Å²) in [7, 11) is 0. The number of fused-ring (bicyclic) bond motifs is 1. The van der Waals surface area contributed by atoms with E-state index in [0.717, 1.165) is 32.5 Å². The van der Waals surface area contributed by atoms with Gasteiger partial charge in [0.2, 0.25) is 17.7 Å². The molecule has 5 heterocycles. The standard InChI is InChI=1S/C32H41F2N7O4/c33-29(34)30-35-25-5-1-2-6-26(25)41(30)27-19-28(37-32(36-27)39-13-16-43-17-14-39)45-23-9-7-22(8-10-23)31(42)40-15-18-44-24(21-40)20-38-11-3-4-12-38/h1-2,5-6,19,22-24,29H,3-4,7-18,20-21H2. The average Bonchev–Trinajstić information content (AvgIpc) is 3.73. The Bertz CT molecular complexity index is 1470. The molecule has 3 aliphatic heterocycles. The lowest BCUT2D eigenvalue weighted by Gasteiger charge is -2.38. The number of carbonyl (C=O) groups excluding carboxylic acids is 1. The van der Waals surface area contributed by atoms with Crippen molar-refractivity contribution < 1.29 is 27.8 Å². The molecular formula is C32H41F2N7O4. The maximum atomic E-state index is 14.2. The van der Waals surface area contributed by atoms with E-state index in [1.54, 1.807) is 30.3 Å². The lowest BCUT2D eigenvalue weighted by molar-refractivity contribution is -0.145. The summed E-state index contributed by atoms with van der Waals surface area (Å²) in [6.07, 6.45) is 2.49. The summed E-state index contributed by atoms with van der Waals surface area (Å²) in [5.74, 6) is 0.819. The van der Waals surface area contributed by atoms with E-state index >= 15 is 0 Å². The topological polar surface area (TPSA) is 98.1 Å². The lowest BCUT2D eigenvalue weighted by atomic mass is 9.86. The van der Waals surface area contributed by atoms with E-state index in [1.807, 2.05) is 9.80 Å². The zero-order valence-corrected chi connectivity index (χ0v) is 25.5. The van der Waals surface area contributed by atoms with E-state index in [9.17, 15) is 13.6 Å². The fraction of sp³-hybridized carbons (Fsp3) is 0.625. The van der Waals surface area contributed by atoms with Crippen LogP contribution in [-0.2, 0) is 14.3 Å². The van der Waals surface area contributed by atoms with Crippen molar-refractivity contribution in [3.05, 3.63) is 36.2 Å². The third-order valence-corrected chi connectivity index (χ3v) is 9.40. The SMILES string of the molecule is O=C(C1CCC(Oc2cc(-n3c(C(F)F)nc4ccccc43)nc(N3CCOCC3)n2)CC1)N1CCOC(CN2CCCC2)C1. The van der Waals surface area contributed by atoms with Gasteiger partial charge in [0.05, 0.1) is 37.0 Å². The molecule has 0 N–H and O–H groups in total. The Morgan fingerprint density at radius 3 is 2.51 bits per heavy atom. The van der Waals surface area contributed by atoms with Crippen LogP contribution < -0.4 is 9.64 Å². The highest BCUT2D eigenvalue weighted by Gasteiger charge is 2.34. The molecule has 1 aliphatic carbocycles. The van der Waals surface area contributed by atoms with Crippen LogP contribution in [0.25, 0.3) is 16.9 Å². The maximum absolute atomic E-state index is 14.2. The largest absolute Gasteiger partial charge is 0.474 e. The van der Waals surface area contributed by atoms with Crippen LogP contribution in [0.4, 0.5) is 14.7 Å². The first-order valence-electron chi connectivity index (χ1n) is 16.3. The number of alkyl halides is 2. The molecular weight excluding hydrogens is 584 g/mol. The molecule has 4 fully saturated rings. The summed E-state index contributed by atoms with van der Waals surface area (Å²) in [5, 5.41) is 0. The van der Waals surface area contributed by atoms with Crippen molar-refractivity contribution in [3.8, 4) is 11.7 Å². The number of benzene rings is 1. The molecule has 1 amide bonds. The first kappa shape index (κ1) is 30.2. The van der Waals surface area contributed by atoms with Crippen LogP contribution in [0.5, 0.6) is 5.88 Å². The van der Waals surface area contributed by atoms with Crippen molar-refractivity contribution in [2.75, 3.05) is 70.5 Å². The van der Waals surface area contributed by atoms with Gasteiger partial charge in [-0.05, 0) is 63.7 Å². The zero-order chi connectivity index (χ0) is 30.8. The summed E-state index contributed by atoms with van der Waals surface area (Å²) < 4.78 is 47.7. The highest BCUT2D eigenvalue weighted by molar-refractivity contribution is 5.79. The molecule has 4 aliphatic rings. The van der Waals surface area contributed by atoms with Crippen LogP contribution in [0.15, 0.2) is 30.3 Å². The Hall–Kier alpha value is -3.42. The van der Waals surface area contributed by atoms with Crippen LogP contribution in [0, 0.1) is 5.92 Å². The molecule has 1 unspecified atom stereocenters. The number of hydrogen-bond acceptors (Lipinski definition) is 9. The molecule has 7 rings (SSSR count). The molecule has 13 heteroatoms. The molecule has 0 spiro atoms. The molecule has 2 aromatic heterocycles. The molecule has 11 nitrogen and oxygen atoms in total.